The van der Waals surface area contributed by atoms with E-state index >= 15 is 0 Å². The van der Waals surface area contributed by atoms with Crippen LogP contribution in [0.4, 0.5) is 0 Å². The van der Waals surface area contributed by atoms with Crippen LogP contribution < -0.4 is 10.5 Å². The SMILES string of the molecule is NCC1(C(=O)N2CCN(CCOc3ccccc3)CC2)CCOCC1. The van der Waals surface area contributed by atoms with Crippen molar-refractivity contribution in [3.8, 4) is 5.75 Å². The van der Waals surface area contributed by atoms with Crippen LogP contribution in [-0.2, 0) is 9.53 Å². The second-order valence-electron chi connectivity index (χ2n) is 6.89. The Balaban J connectivity index is 1.42. The van der Waals surface area contributed by atoms with Crippen molar-refractivity contribution in [1.29, 1.82) is 0 Å². The Labute approximate surface area is 149 Å². The minimum Gasteiger partial charge on any atom is -0.492 e. The predicted octanol–water partition coefficient (Wildman–Crippen LogP) is 0.965. The van der Waals surface area contributed by atoms with E-state index in [-0.39, 0.29) is 5.91 Å². The first-order valence-electron chi connectivity index (χ1n) is 9.21. The lowest BCUT2D eigenvalue weighted by molar-refractivity contribution is -0.149. The van der Waals surface area contributed by atoms with Crippen molar-refractivity contribution >= 4 is 5.91 Å². The Bertz CT molecular complexity index is 538. The van der Waals surface area contributed by atoms with Crippen LogP contribution in [0, 0.1) is 5.41 Å². The van der Waals surface area contributed by atoms with Gasteiger partial charge in [0.1, 0.15) is 12.4 Å². The monoisotopic (exact) mass is 347 g/mol. The third-order valence-corrected chi connectivity index (χ3v) is 5.37. The molecular formula is C19H29N3O3. The fourth-order valence-electron chi connectivity index (χ4n) is 3.59. The normalized spacial score (nSPS) is 21.1. The topological polar surface area (TPSA) is 68.0 Å². The molecule has 0 aromatic heterocycles. The molecule has 0 aliphatic carbocycles. The standard InChI is InChI=1S/C19H29N3O3/c20-16-19(6-13-24-14-7-19)18(23)22-10-8-21(9-11-22)12-15-25-17-4-2-1-3-5-17/h1-5H,6-16,20H2. The maximum Gasteiger partial charge on any atom is 0.230 e. The molecule has 2 heterocycles. The quantitative estimate of drug-likeness (QED) is 0.830. The lowest BCUT2D eigenvalue weighted by Gasteiger charge is -2.42. The average Bonchev–Trinajstić information content (AvgIpc) is 2.69. The second-order valence-corrected chi connectivity index (χ2v) is 6.89. The summed E-state index contributed by atoms with van der Waals surface area (Å²) >= 11 is 0. The highest BCUT2D eigenvalue weighted by Crippen LogP contribution is 2.32. The van der Waals surface area contributed by atoms with E-state index in [4.69, 9.17) is 15.2 Å². The van der Waals surface area contributed by atoms with E-state index in [1.54, 1.807) is 0 Å². The van der Waals surface area contributed by atoms with E-state index in [0.717, 1.165) is 51.3 Å². The summed E-state index contributed by atoms with van der Waals surface area (Å²) in [6.45, 7) is 6.57. The average molecular weight is 347 g/mol. The highest BCUT2D eigenvalue weighted by molar-refractivity contribution is 5.83. The minimum absolute atomic E-state index is 0.221. The number of benzene rings is 1. The van der Waals surface area contributed by atoms with Crippen LogP contribution in [0.1, 0.15) is 12.8 Å². The molecular weight excluding hydrogens is 318 g/mol. The van der Waals surface area contributed by atoms with Gasteiger partial charge in [0.15, 0.2) is 0 Å². The number of nitrogens with two attached hydrogens (primary N) is 1. The number of hydrogen-bond donors (Lipinski definition) is 1. The predicted molar refractivity (Wildman–Crippen MR) is 96.5 cm³/mol. The Morgan fingerprint density at radius 3 is 2.44 bits per heavy atom. The first-order chi connectivity index (χ1) is 12.2. The molecule has 0 bridgehead atoms. The Kier molecular flexibility index (Phi) is 6.29. The molecule has 0 unspecified atom stereocenters. The van der Waals surface area contributed by atoms with Crippen molar-refractivity contribution in [3.63, 3.8) is 0 Å². The fraction of sp³-hybridized carbons (Fsp3) is 0.632. The van der Waals surface area contributed by atoms with Gasteiger partial charge in [0.2, 0.25) is 5.91 Å². The first kappa shape index (κ1) is 18.2. The molecule has 1 aromatic carbocycles. The Morgan fingerprint density at radius 1 is 1.12 bits per heavy atom. The number of para-hydroxylation sites is 1. The summed E-state index contributed by atoms with van der Waals surface area (Å²) < 4.78 is 11.2. The zero-order valence-corrected chi connectivity index (χ0v) is 14.9. The van der Waals surface area contributed by atoms with E-state index < -0.39 is 5.41 Å². The summed E-state index contributed by atoms with van der Waals surface area (Å²) in [7, 11) is 0. The van der Waals surface area contributed by atoms with Crippen molar-refractivity contribution < 1.29 is 14.3 Å². The van der Waals surface area contributed by atoms with Crippen LogP contribution in [-0.4, -0.2) is 74.8 Å². The van der Waals surface area contributed by atoms with E-state index in [1.165, 1.54) is 0 Å². The molecule has 0 spiro atoms. The molecule has 2 saturated heterocycles. The smallest absolute Gasteiger partial charge is 0.230 e. The maximum absolute atomic E-state index is 13.0. The number of piperazine rings is 1. The van der Waals surface area contributed by atoms with Crippen LogP contribution in [0.5, 0.6) is 5.75 Å². The van der Waals surface area contributed by atoms with Gasteiger partial charge in [-0.3, -0.25) is 9.69 Å². The van der Waals surface area contributed by atoms with Crippen molar-refractivity contribution in [1.82, 2.24) is 9.80 Å². The second kappa shape index (κ2) is 8.65. The maximum atomic E-state index is 13.0. The van der Waals surface area contributed by atoms with Gasteiger partial charge in [0, 0.05) is 52.5 Å². The summed E-state index contributed by atoms with van der Waals surface area (Å²) in [5.41, 5.74) is 5.56. The van der Waals surface area contributed by atoms with Crippen molar-refractivity contribution in [2.75, 3.05) is 59.1 Å². The molecule has 0 radical (unpaired) electrons. The van der Waals surface area contributed by atoms with Gasteiger partial charge >= 0.3 is 0 Å². The summed E-state index contributed by atoms with van der Waals surface area (Å²) in [5.74, 6) is 1.12. The molecule has 6 nitrogen and oxygen atoms in total. The molecule has 2 aliphatic heterocycles. The van der Waals surface area contributed by atoms with Gasteiger partial charge in [-0.15, -0.1) is 0 Å². The van der Waals surface area contributed by atoms with Gasteiger partial charge in [-0.2, -0.15) is 0 Å². The van der Waals surface area contributed by atoms with E-state index in [2.05, 4.69) is 4.90 Å². The molecule has 138 valence electrons. The molecule has 0 atom stereocenters. The number of hydrogen-bond acceptors (Lipinski definition) is 5. The molecule has 0 saturated carbocycles. The highest BCUT2D eigenvalue weighted by atomic mass is 16.5. The van der Waals surface area contributed by atoms with Crippen molar-refractivity contribution in [2.45, 2.75) is 12.8 Å². The lowest BCUT2D eigenvalue weighted by atomic mass is 9.78. The van der Waals surface area contributed by atoms with Gasteiger partial charge in [0.25, 0.3) is 0 Å². The number of ether oxygens (including phenoxy) is 2. The van der Waals surface area contributed by atoms with Gasteiger partial charge in [0.05, 0.1) is 5.41 Å². The summed E-state index contributed by atoms with van der Waals surface area (Å²) in [5, 5.41) is 0. The Hall–Kier alpha value is -1.63. The largest absolute Gasteiger partial charge is 0.492 e. The molecule has 2 fully saturated rings. The number of rotatable bonds is 6. The van der Waals surface area contributed by atoms with Crippen LogP contribution >= 0.6 is 0 Å². The van der Waals surface area contributed by atoms with Crippen LogP contribution in [0.3, 0.4) is 0 Å². The van der Waals surface area contributed by atoms with Gasteiger partial charge in [-0.05, 0) is 25.0 Å². The molecule has 2 aliphatic rings. The molecule has 6 heteroatoms. The van der Waals surface area contributed by atoms with Crippen LogP contribution in [0.2, 0.25) is 0 Å². The number of carbonyl (C=O) groups excluding carboxylic acids is 1. The third-order valence-electron chi connectivity index (χ3n) is 5.37. The molecule has 25 heavy (non-hydrogen) atoms. The highest BCUT2D eigenvalue weighted by Gasteiger charge is 2.41. The van der Waals surface area contributed by atoms with E-state index in [9.17, 15) is 4.79 Å². The lowest BCUT2D eigenvalue weighted by Crippen LogP contribution is -2.56. The molecule has 3 rings (SSSR count). The first-order valence-corrected chi connectivity index (χ1v) is 9.21. The minimum atomic E-state index is -0.406. The zero-order chi connectivity index (χ0) is 17.5. The molecule has 1 amide bonds. The number of amides is 1. The van der Waals surface area contributed by atoms with Crippen molar-refractivity contribution in [2.24, 2.45) is 11.1 Å². The van der Waals surface area contributed by atoms with Gasteiger partial charge in [-0.25, -0.2) is 0 Å². The van der Waals surface area contributed by atoms with Crippen molar-refractivity contribution in [3.05, 3.63) is 30.3 Å². The summed E-state index contributed by atoms with van der Waals surface area (Å²) in [6.07, 6.45) is 1.49. The third kappa shape index (κ3) is 4.51. The summed E-state index contributed by atoms with van der Waals surface area (Å²) in [4.78, 5) is 17.3. The van der Waals surface area contributed by atoms with Crippen LogP contribution in [0.15, 0.2) is 30.3 Å². The van der Waals surface area contributed by atoms with E-state index in [1.807, 2.05) is 35.2 Å². The number of carbonyl (C=O) groups is 1. The molecule has 1 aromatic rings. The summed E-state index contributed by atoms with van der Waals surface area (Å²) in [6, 6.07) is 9.87. The number of nitrogens with zero attached hydrogens (tertiary/aromatic N) is 2. The molecule has 2 N–H and O–H groups in total. The van der Waals surface area contributed by atoms with E-state index in [0.29, 0.717) is 26.4 Å². The van der Waals surface area contributed by atoms with Crippen LogP contribution in [0.25, 0.3) is 0 Å². The zero-order valence-electron chi connectivity index (χ0n) is 14.9. The van der Waals surface area contributed by atoms with Gasteiger partial charge < -0.3 is 20.1 Å². The van der Waals surface area contributed by atoms with Gasteiger partial charge in [-0.1, -0.05) is 18.2 Å². The Morgan fingerprint density at radius 2 is 1.80 bits per heavy atom. The fourth-order valence-corrected chi connectivity index (χ4v) is 3.59.